The average molecular weight is 333 g/mol. The molecule has 5 heteroatoms. The first-order valence-electron chi connectivity index (χ1n) is 7.49. The fourth-order valence-electron chi connectivity index (χ4n) is 2.29. The third kappa shape index (κ3) is 4.48. The predicted molar refractivity (Wildman–Crippen MR) is 90.2 cm³/mol. The van der Waals surface area contributed by atoms with Gasteiger partial charge in [-0.25, -0.2) is 4.39 Å². The third-order valence-corrected chi connectivity index (χ3v) is 4.95. The number of amides is 1. The van der Waals surface area contributed by atoms with E-state index in [-0.39, 0.29) is 36.4 Å². The maximum absolute atomic E-state index is 13.0. The molecule has 0 aliphatic heterocycles. The highest BCUT2D eigenvalue weighted by Crippen LogP contribution is 2.21. The minimum atomic E-state index is -0.299. The van der Waals surface area contributed by atoms with Gasteiger partial charge in [-0.1, -0.05) is 12.1 Å². The summed E-state index contributed by atoms with van der Waals surface area (Å²) in [6, 6.07) is 9.65. The average Bonchev–Trinajstić information content (AvgIpc) is 2.98. The number of rotatable bonds is 6. The Hall–Kier alpha value is -2.01. The normalized spacial score (nSPS) is 12.0. The van der Waals surface area contributed by atoms with Crippen molar-refractivity contribution in [2.24, 2.45) is 0 Å². The Morgan fingerprint density at radius 2 is 1.78 bits per heavy atom. The molecule has 0 spiro atoms. The molecule has 1 atom stereocenters. The van der Waals surface area contributed by atoms with Gasteiger partial charge in [0.1, 0.15) is 5.82 Å². The Morgan fingerprint density at radius 3 is 2.35 bits per heavy atom. The smallest absolute Gasteiger partial charge is 0.223 e. The van der Waals surface area contributed by atoms with E-state index in [1.807, 2.05) is 19.9 Å². The molecule has 1 aromatic heterocycles. The molecule has 1 unspecified atom stereocenters. The van der Waals surface area contributed by atoms with E-state index >= 15 is 0 Å². The third-order valence-electron chi connectivity index (χ3n) is 3.91. The summed E-state index contributed by atoms with van der Waals surface area (Å²) >= 11 is 1.45. The van der Waals surface area contributed by atoms with Gasteiger partial charge >= 0.3 is 0 Å². The molecule has 1 heterocycles. The van der Waals surface area contributed by atoms with Gasteiger partial charge in [0.25, 0.3) is 0 Å². The molecule has 0 fully saturated rings. The number of thiophene rings is 1. The molecular weight excluding hydrogens is 313 g/mol. The van der Waals surface area contributed by atoms with Crippen molar-refractivity contribution in [3.05, 3.63) is 57.5 Å². The van der Waals surface area contributed by atoms with Crippen molar-refractivity contribution >= 4 is 23.0 Å². The fraction of sp³-hybridized carbons (Fsp3) is 0.333. The molecule has 2 rings (SSSR count). The van der Waals surface area contributed by atoms with Gasteiger partial charge in [0.2, 0.25) is 5.91 Å². The number of aryl methyl sites for hydroxylation is 1. The lowest BCUT2D eigenvalue weighted by Crippen LogP contribution is -2.29. The number of halogens is 1. The van der Waals surface area contributed by atoms with E-state index in [0.29, 0.717) is 4.88 Å². The van der Waals surface area contributed by atoms with Crippen molar-refractivity contribution in [2.75, 3.05) is 7.05 Å². The highest BCUT2D eigenvalue weighted by molar-refractivity contribution is 7.14. The molecule has 0 N–H and O–H groups in total. The minimum Gasteiger partial charge on any atom is -0.339 e. The molecule has 0 saturated carbocycles. The van der Waals surface area contributed by atoms with E-state index in [0.717, 1.165) is 10.4 Å². The zero-order valence-electron chi connectivity index (χ0n) is 13.5. The number of carbonyl (C=O) groups excluding carboxylic acids is 2. The quantitative estimate of drug-likeness (QED) is 0.736. The lowest BCUT2D eigenvalue weighted by molar-refractivity contribution is -0.131. The van der Waals surface area contributed by atoms with Crippen LogP contribution in [0.15, 0.2) is 36.4 Å². The lowest BCUT2D eigenvalue weighted by Gasteiger charge is -2.25. The van der Waals surface area contributed by atoms with Gasteiger partial charge in [0.15, 0.2) is 5.78 Å². The van der Waals surface area contributed by atoms with Crippen LogP contribution in [-0.4, -0.2) is 23.6 Å². The first kappa shape index (κ1) is 17.3. The first-order chi connectivity index (χ1) is 10.9. The second-order valence-electron chi connectivity index (χ2n) is 5.57. The van der Waals surface area contributed by atoms with E-state index in [1.165, 1.54) is 23.5 Å². The Morgan fingerprint density at radius 1 is 1.13 bits per heavy atom. The lowest BCUT2D eigenvalue weighted by atomic mass is 10.1. The number of benzene rings is 1. The van der Waals surface area contributed by atoms with Crippen LogP contribution in [0.1, 0.15) is 45.9 Å². The van der Waals surface area contributed by atoms with Crippen LogP contribution in [0.3, 0.4) is 0 Å². The maximum atomic E-state index is 13.0. The monoisotopic (exact) mass is 333 g/mol. The van der Waals surface area contributed by atoms with Crippen LogP contribution in [0.5, 0.6) is 0 Å². The number of ketones is 1. The van der Waals surface area contributed by atoms with Crippen LogP contribution in [0.2, 0.25) is 0 Å². The van der Waals surface area contributed by atoms with E-state index in [9.17, 15) is 14.0 Å². The Labute approximate surface area is 139 Å². The summed E-state index contributed by atoms with van der Waals surface area (Å²) < 4.78 is 13.0. The molecule has 0 aliphatic carbocycles. The summed E-state index contributed by atoms with van der Waals surface area (Å²) in [5.74, 6) is -0.394. The highest BCUT2D eigenvalue weighted by atomic mass is 32.1. The summed E-state index contributed by atoms with van der Waals surface area (Å²) in [5.41, 5.74) is 0.863. The van der Waals surface area contributed by atoms with Gasteiger partial charge in [-0.15, -0.1) is 11.3 Å². The molecule has 23 heavy (non-hydrogen) atoms. The minimum absolute atomic E-state index is 0.000662. The van der Waals surface area contributed by atoms with Crippen molar-refractivity contribution in [1.29, 1.82) is 0 Å². The number of hydrogen-bond donors (Lipinski definition) is 0. The van der Waals surface area contributed by atoms with Crippen molar-refractivity contribution in [1.82, 2.24) is 4.90 Å². The van der Waals surface area contributed by atoms with Crippen LogP contribution in [0.25, 0.3) is 0 Å². The number of nitrogens with zero attached hydrogens (tertiary/aromatic N) is 1. The van der Waals surface area contributed by atoms with Crippen molar-refractivity contribution in [3.63, 3.8) is 0 Å². The number of Topliss-reactive ketones (excluding diaryl/α,β-unsaturated/α-hetero) is 1. The Balaban J connectivity index is 1.91. The molecule has 0 bridgehead atoms. The van der Waals surface area contributed by atoms with Gasteiger partial charge < -0.3 is 4.90 Å². The molecule has 1 aromatic carbocycles. The summed E-state index contributed by atoms with van der Waals surface area (Å²) in [4.78, 5) is 27.7. The molecule has 0 aliphatic rings. The molecular formula is C18H20FNO2S. The summed E-state index contributed by atoms with van der Waals surface area (Å²) in [5, 5.41) is 0. The zero-order chi connectivity index (χ0) is 17.0. The summed E-state index contributed by atoms with van der Waals surface area (Å²) in [6.45, 7) is 3.83. The van der Waals surface area contributed by atoms with E-state index in [4.69, 9.17) is 0 Å². The number of carbonyl (C=O) groups is 2. The molecule has 3 nitrogen and oxygen atoms in total. The van der Waals surface area contributed by atoms with E-state index in [2.05, 4.69) is 0 Å². The van der Waals surface area contributed by atoms with Crippen molar-refractivity contribution in [2.45, 2.75) is 32.7 Å². The van der Waals surface area contributed by atoms with Crippen LogP contribution in [-0.2, 0) is 4.79 Å². The van der Waals surface area contributed by atoms with E-state index in [1.54, 1.807) is 30.1 Å². The SMILES string of the molecule is Cc1ccc(C(=O)CCC(=O)N(C)C(C)c2ccc(F)cc2)s1. The Bertz CT molecular complexity index is 693. The fourth-order valence-corrected chi connectivity index (χ4v) is 3.12. The van der Waals surface area contributed by atoms with Crippen LogP contribution in [0, 0.1) is 12.7 Å². The summed E-state index contributed by atoms with van der Waals surface area (Å²) in [7, 11) is 1.70. The van der Waals surface area contributed by atoms with Crippen molar-refractivity contribution < 1.29 is 14.0 Å². The predicted octanol–water partition coefficient (Wildman–Crippen LogP) is 4.38. The topological polar surface area (TPSA) is 37.4 Å². The highest BCUT2D eigenvalue weighted by Gasteiger charge is 2.19. The molecule has 122 valence electrons. The second-order valence-corrected chi connectivity index (χ2v) is 6.85. The zero-order valence-corrected chi connectivity index (χ0v) is 14.3. The molecule has 2 aromatic rings. The van der Waals surface area contributed by atoms with Crippen LogP contribution >= 0.6 is 11.3 Å². The van der Waals surface area contributed by atoms with Crippen LogP contribution < -0.4 is 0 Å². The van der Waals surface area contributed by atoms with E-state index < -0.39 is 0 Å². The largest absolute Gasteiger partial charge is 0.339 e. The summed E-state index contributed by atoms with van der Waals surface area (Å²) in [6.07, 6.45) is 0.386. The number of hydrogen-bond acceptors (Lipinski definition) is 3. The van der Waals surface area contributed by atoms with Crippen LogP contribution in [0.4, 0.5) is 4.39 Å². The molecule has 0 saturated heterocycles. The maximum Gasteiger partial charge on any atom is 0.223 e. The Kier molecular flexibility index (Phi) is 5.66. The molecule has 0 radical (unpaired) electrons. The van der Waals surface area contributed by atoms with Gasteiger partial charge in [0, 0.05) is 24.8 Å². The van der Waals surface area contributed by atoms with Gasteiger partial charge in [0.05, 0.1) is 10.9 Å². The first-order valence-corrected chi connectivity index (χ1v) is 8.31. The second kappa shape index (κ2) is 7.51. The standard InChI is InChI=1S/C18H20FNO2S/c1-12-4-10-17(23-12)16(21)9-11-18(22)20(3)13(2)14-5-7-15(19)8-6-14/h4-8,10,13H,9,11H2,1-3H3. The van der Waals surface area contributed by atoms with Gasteiger partial charge in [-0.3, -0.25) is 9.59 Å². The van der Waals surface area contributed by atoms with Gasteiger partial charge in [-0.2, -0.15) is 0 Å². The van der Waals surface area contributed by atoms with Crippen molar-refractivity contribution in [3.8, 4) is 0 Å². The molecule has 1 amide bonds. The van der Waals surface area contributed by atoms with Gasteiger partial charge in [-0.05, 0) is 43.7 Å².